The second-order valence-corrected chi connectivity index (χ2v) is 6.95. The number of carbonyl (C=O) groups excluding carboxylic acids is 1. The van der Waals surface area contributed by atoms with Crippen molar-refractivity contribution >= 4 is 21.6 Å². The lowest BCUT2D eigenvalue weighted by Gasteiger charge is -2.08. The minimum absolute atomic E-state index is 0.0762. The third kappa shape index (κ3) is 3.53. The Hall–Kier alpha value is -3.31. The largest absolute Gasteiger partial charge is 0.488 e. The Balaban J connectivity index is 1.87. The average molecular weight is 370 g/mol. The quantitative estimate of drug-likeness (QED) is 0.650. The maximum absolute atomic E-state index is 12.4. The van der Waals surface area contributed by atoms with Gasteiger partial charge in [0, 0.05) is 30.3 Å². The first-order valence-corrected chi connectivity index (χ1v) is 8.98. The summed E-state index contributed by atoms with van der Waals surface area (Å²) < 4.78 is 35.4. The van der Waals surface area contributed by atoms with Gasteiger partial charge in [0.1, 0.15) is 23.0 Å². The van der Waals surface area contributed by atoms with Crippen LogP contribution in [0.25, 0.3) is 5.57 Å². The van der Waals surface area contributed by atoms with Crippen LogP contribution < -0.4 is 14.2 Å². The summed E-state index contributed by atoms with van der Waals surface area (Å²) in [7, 11) is -2.56. The molecule has 0 radical (unpaired) electrons. The van der Waals surface area contributed by atoms with Crippen LogP contribution in [0.4, 0.5) is 0 Å². The predicted octanol–water partition coefficient (Wildman–Crippen LogP) is 1.85. The predicted molar refractivity (Wildman–Crippen MR) is 93.0 cm³/mol. The van der Waals surface area contributed by atoms with Crippen LogP contribution in [0.2, 0.25) is 0 Å². The van der Waals surface area contributed by atoms with Crippen molar-refractivity contribution < 1.29 is 22.1 Å². The van der Waals surface area contributed by atoms with Crippen molar-refractivity contribution in [2.45, 2.75) is 4.90 Å². The zero-order valence-corrected chi connectivity index (χ0v) is 14.5. The van der Waals surface area contributed by atoms with Crippen LogP contribution in [0.3, 0.4) is 0 Å². The minimum atomic E-state index is -4.09. The molecule has 0 aromatic heterocycles. The number of fused-ring (bicyclic) bond motifs is 1. The summed E-state index contributed by atoms with van der Waals surface area (Å²) >= 11 is 0. The third-order valence-electron chi connectivity index (χ3n) is 3.69. The highest BCUT2D eigenvalue weighted by atomic mass is 32.2. The van der Waals surface area contributed by atoms with Crippen molar-refractivity contribution in [2.75, 3.05) is 13.7 Å². The van der Waals surface area contributed by atoms with Gasteiger partial charge in [0.15, 0.2) is 0 Å². The van der Waals surface area contributed by atoms with Crippen LogP contribution in [0.1, 0.15) is 11.1 Å². The van der Waals surface area contributed by atoms with E-state index >= 15 is 0 Å². The Morgan fingerprint density at radius 2 is 2.12 bits per heavy atom. The van der Waals surface area contributed by atoms with E-state index in [4.69, 9.17) is 14.2 Å². The number of nitrogens with one attached hydrogen (secondary N) is 1. The smallest absolute Gasteiger partial charge is 0.339 e. The normalized spacial score (nSPS) is 14.2. The van der Waals surface area contributed by atoms with E-state index in [1.54, 1.807) is 6.07 Å². The lowest BCUT2D eigenvalue weighted by molar-refractivity contribution is -0.116. The molecule has 7 nitrogen and oxygen atoms in total. The fraction of sp³-hybridized carbons (Fsp3) is 0.111. The maximum Gasteiger partial charge on any atom is 0.339 e. The van der Waals surface area contributed by atoms with Gasteiger partial charge in [-0.3, -0.25) is 4.79 Å². The van der Waals surface area contributed by atoms with Gasteiger partial charge in [0.2, 0.25) is 5.91 Å². The summed E-state index contributed by atoms with van der Waals surface area (Å²) in [5.41, 5.74) is 1.61. The molecule has 8 heteroatoms. The molecule has 2 aromatic carbocycles. The van der Waals surface area contributed by atoms with E-state index in [-0.39, 0.29) is 28.7 Å². The molecular weight excluding hydrogens is 356 g/mol. The summed E-state index contributed by atoms with van der Waals surface area (Å²) in [4.78, 5) is 11.4. The Morgan fingerprint density at radius 1 is 1.31 bits per heavy atom. The second-order valence-electron chi connectivity index (χ2n) is 5.41. The molecule has 26 heavy (non-hydrogen) atoms. The number of nitrogens with zero attached hydrogens (tertiary/aromatic N) is 1. The van der Waals surface area contributed by atoms with Crippen molar-refractivity contribution in [1.29, 1.82) is 5.26 Å². The molecule has 3 rings (SSSR count). The molecule has 0 saturated carbocycles. The molecule has 1 amide bonds. The van der Waals surface area contributed by atoms with Crippen LogP contribution in [-0.2, 0) is 14.9 Å². The van der Waals surface area contributed by atoms with Crippen LogP contribution in [0.5, 0.6) is 11.5 Å². The van der Waals surface area contributed by atoms with Gasteiger partial charge in [-0.15, -0.1) is 0 Å². The van der Waals surface area contributed by atoms with Crippen molar-refractivity contribution in [1.82, 2.24) is 5.32 Å². The SMILES string of the molecule is CNC(=O)/C=C1/COc2cc(OS(=O)(=O)c3cccc(C#N)c3)ccc21. The van der Waals surface area contributed by atoms with E-state index in [2.05, 4.69) is 5.32 Å². The van der Waals surface area contributed by atoms with E-state index in [1.165, 1.54) is 49.5 Å². The van der Waals surface area contributed by atoms with E-state index in [9.17, 15) is 13.2 Å². The zero-order valence-electron chi connectivity index (χ0n) is 13.7. The first-order chi connectivity index (χ1) is 12.4. The number of carbonyl (C=O) groups is 1. The Kier molecular flexibility index (Phi) is 4.65. The summed E-state index contributed by atoms with van der Waals surface area (Å²) in [5.74, 6) is 0.252. The molecule has 0 fully saturated rings. The van der Waals surface area contributed by atoms with Crippen molar-refractivity contribution in [3.63, 3.8) is 0 Å². The molecule has 0 saturated heterocycles. The molecule has 1 heterocycles. The van der Waals surface area contributed by atoms with Gasteiger partial charge >= 0.3 is 10.1 Å². The lowest BCUT2D eigenvalue weighted by atomic mass is 10.1. The molecule has 0 spiro atoms. The maximum atomic E-state index is 12.4. The van der Waals surface area contributed by atoms with Gasteiger partial charge in [0.25, 0.3) is 0 Å². The van der Waals surface area contributed by atoms with Gasteiger partial charge in [-0.2, -0.15) is 13.7 Å². The van der Waals surface area contributed by atoms with E-state index in [1.807, 2.05) is 6.07 Å². The molecule has 0 bridgehead atoms. The third-order valence-corrected chi connectivity index (χ3v) is 4.93. The summed E-state index contributed by atoms with van der Waals surface area (Å²) in [6, 6.07) is 12.0. The number of benzene rings is 2. The monoisotopic (exact) mass is 370 g/mol. The molecule has 1 aliphatic rings. The lowest BCUT2D eigenvalue weighted by Crippen LogP contribution is -2.15. The van der Waals surface area contributed by atoms with Crippen LogP contribution in [-0.4, -0.2) is 28.0 Å². The highest BCUT2D eigenvalue weighted by Crippen LogP contribution is 2.36. The van der Waals surface area contributed by atoms with Gasteiger partial charge in [0.05, 0.1) is 11.6 Å². The summed E-state index contributed by atoms with van der Waals surface area (Å²) in [6.07, 6.45) is 1.43. The highest BCUT2D eigenvalue weighted by molar-refractivity contribution is 7.87. The molecule has 0 unspecified atom stereocenters. The number of nitriles is 1. The van der Waals surface area contributed by atoms with Crippen LogP contribution in [0.15, 0.2) is 53.4 Å². The van der Waals surface area contributed by atoms with Crippen molar-refractivity contribution in [2.24, 2.45) is 0 Å². The minimum Gasteiger partial charge on any atom is -0.488 e. The highest BCUT2D eigenvalue weighted by Gasteiger charge is 2.22. The Morgan fingerprint density at radius 3 is 2.85 bits per heavy atom. The summed E-state index contributed by atoms with van der Waals surface area (Å²) in [6.45, 7) is 0.211. The van der Waals surface area contributed by atoms with Gasteiger partial charge in [-0.1, -0.05) is 6.07 Å². The molecule has 2 aromatic rings. The first kappa shape index (κ1) is 17.5. The van der Waals surface area contributed by atoms with E-state index in [0.29, 0.717) is 16.9 Å². The van der Waals surface area contributed by atoms with Gasteiger partial charge < -0.3 is 14.2 Å². The van der Waals surface area contributed by atoms with Crippen LogP contribution >= 0.6 is 0 Å². The topological polar surface area (TPSA) is 105 Å². The van der Waals surface area contributed by atoms with Crippen LogP contribution in [0, 0.1) is 11.3 Å². The Bertz CT molecular complexity index is 1050. The molecule has 132 valence electrons. The van der Waals surface area contributed by atoms with Crippen molar-refractivity contribution in [3.05, 3.63) is 59.7 Å². The van der Waals surface area contributed by atoms with Gasteiger partial charge in [-0.05, 0) is 30.3 Å². The molecule has 1 aliphatic heterocycles. The number of amides is 1. The number of hydrogen-bond acceptors (Lipinski definition) is 6. The van der Waals surface area contributed by atoms with Gasteiger partial charge in [-0.25, -0.2) is 0 Å². The average Bonchev–Trinajstić information content (AvgIpc) is 3.03. The molecular formula is C18H14N2O5S. The molecule has 1 N–H and O–H groups in total. The molecule has 0 aliphatic carbocycles. The van der Waals surface area contributed by atoms with Crippen molar-refractivity contribution in [3.8, 4) is 17.6 Å². The fourth-order valence-corrected chi connectivity index (χ4v) is 3.39. The fourth-order valence-electron chi connectivity index (χ4n) is 2.42. The number of hydrogen-bond donors (Lipinski definition) is 1. The molecule has 0 atom stereocenters. The van der Waals surface area contributed by atoms with E-state index < -0.39 is 10.1 Å². The number of likely N-dealkylation sites (N-methyl/N-ethyl adjacent to an activating group) is 1. The zero-order chi connectivity index (χ0) is 18.7. The summed E-state index contributed by atoms with van der Waals surface area (Å²) in [5, 5.41) is 11.4. The standard InChI is InChI=1S/C18H14N2O5S/c1-20-18(21)8-13-11-24-17-9-14(5-6-16(13)17)25-26(22,23)15-4-2-3-12(7-15)10-19/h2-9H,11H2,1H3,(H,20,21)/b13-8-. The number of rotatable bonds is 4. The van der Waals surface area contributed by atoms with E-state index in [0.717, 1.165) is 0 Å². The number of ether oxygens (including phenoxy) is 1. The first-order valence-electron chi connectivity index (χ1n) is 7.57. The second kappa shape index (κ2) is 6.90. The Labute approximate surface area is 150 Å².